The maximum Gasteiger partial charge on any atom is 0.306 e. The van der Waals surface area contributed by atoms with Crippen LogP contribution in [0.5, 0.6) is 0 Å². The second kappa shape index (κ2) is 7.93. The lowest BCUT2D eigenvalue weighted by Crippen LogP contribution is -2.26. The first-order valence-electron chi connectivity index (χ1n) is 7.92. The zero-order chi connectivity index (χ0) is 16.8. The van der Waals surface area contributed by atoms with Gasteiger partial charge in [-0.05, 0) is 50.7 Å². The summed E-state index contributed by atoms with van der Waals surface area (Å²) in [6.07, 6.45) is 3.76. The number of nitrogens with zero attached hydrogens (tertiary/aromatic N) is 1. The molecular formula is C17H22N2O4. The molecule has 1 fully saturated rings. The molecule has 1 unspecified atom stereocenters. The molecule has 6 heteroatoms. The van der Waals surface area contributed by atoms with E-state index >= 15 is 0 Å². The number of aromatic amines is 1. The van der Waals surface area contributed by atoms with Crippen LogP contribution in [0.15, 0.2) is 4.79 Å². The van der Waals surface area contributed by atoms with Crippen molar-refractivity contribution >= 4 is 5.97 Å². The summed E-state index contributed by atoms with van der Waals surface area (Å²) in [6, 6.07) is 1.91. The van der Waals surface area contributed by atoms with E-state index in [-0.39, 0.29) is 29.6 Å². The van der Waals surface area contributed by atoms with Gasteiger partial charge in [0.1, 0.15) is 18.2 Å². The average Bonchev–Trinajstić information content (AvgIpc) is 2.53. The van der Waals surface area contributed by atoms with E-state index in [0.717, 1.165) is 31.4 Å². The minimum absolute atomic E-state index is 0.00874. The first-order valence-corrected chi connectivity index (χ1v) is 7.92. The number of rotatable bonds is 5. The van der Waals surface area contributed by atoms with Crippen LogP contribution in [-0.2, 0) is 20.7 Å². The molecule has 0 radical (unpaired) electrons. The van der Waals surface area contributed by atoms with Gasteiger partial charge in [-0.3, -0.25) is 9.59 Å². The molecule has 1 saturated heterocycles. The van der Waals surface area contributed by atoms with Gasteiger partial charge in [-0.25, -0.2) is 0 Å². The summed E-state index contributed by atoms with van der Waals surface area (Å²) in [6.45, 7) is 4.53. The highest BCUT2D eigenvalue weighted by atomic mass is 16.6. The zero-order valence-electron chi connectivity index (χ0n) is 13.6. The van der Waals surface area contributed by atoms with Crippen LogP contribution < -0.4 is 5.56 Å². The summed E-state index contributed by atoms with van der Waals surface area (Å²) in [5.74, 6) is -0.289. The Kier molecular flexibility index (Phi) is 5.94. The monoisotopic (exact) mass is 318 g/mol. The second-order valence-electron chi connectivity index (χ2n) is 5.84. The first kappa shape index (κ1) is 17.2. The van der Waals surface area contributed by atoms with Gasteiger partial charge in [-0.15, -0.1) is 0 Å². The van der Waals surface area contributed by atoms with Crippen molar-refractivity contribution in [2.75, 3.05) is 13.2 Å². The molecule has 1 atom stereocenters. The summed E-state index contributed by atoms with van der Waals surface area (Å²) in [7, 11) is 0. The third-order valence-electron chi connectivity index (χ3n) is 4.20. The van der Waals surface area contributed by atoms with Crippen LogP contribution in [0.1, 0.15) is 48.1 Å². The van der Waals surface area contributed by atoms with E-state index in [1.54, 1.807) is 13.8 Å². The van der Waals surface area contributed by atoms with Gasteiger partial charge in [0.25, 0.3) is 5.56 Å². The summed E-state index contributed by atoms with van der Waals surface area (Å²) >= 11 is 0. The fourth-order valence-corrected chi connectivity index (χ4v) is 2.84. The van der Waals surface area contributed by atoms with Crippen LogP contribution >= 0.6 is 0 Å². The topological polar surface area (TPSA) is 92.2 Å². The highest BCUT2D eigenvalue weighted by Crippen LogP contribution is 2.16. The normalized spacial score (nSPS) is 17.5. The average molecular weight is 318 g/mol. The van der Waals surface area contributed by atoms with Crippen LogP contribution in [0, 0.1) is 25.2 Å². The lowest BCUT2D eigenvalue weighted by atomic mass is 9.99. The molecule has 6 nitrogen and oxygen atoms in total. The predicted molar refractivity (Wildman–Crippen MR) is 84.1 cm³/mol. The number of ether oxygens (including phenoxy) is 2. The van der Waals surface area contributed by atoms with Gasteiger partial charge < -0.3 is 14.5 Å². The smallest absolute Gasteiger partial charge is 0.306 e. The van der Waals surface area contributed by atoms with Crippen LogP contribution in [0.4, 0.5) is 0 Å². The molecule has 1 aromatic rings. The van der Waals surface area contributed by atoms with Crippen LogP contribution in [0.3, 0.4) is 0 Å². The molecule has 1 N–H and O–H groups in total. The van der Waals surface area contributed by atoms with E-state index in [9.17, 15) is 9.59 Å². The van der Waals surface area contributed by atoms with E-state index in [1.165, 1.54) is 0 Å². The molecule has 124 valence electrons. The van der Waals surface area contributed by atoms with E-state index in [1.807, 2.05) is 6.07 Å². The Labute approximate surface area is 135 Å². The Morgan fingerprint density at radius 3 is 2.87 bits per heavy atom. The SMILES string of the molecule is Cc1[nH]c(=O)c(C#N)c(C)c1CCC(=O)OCC1CCCCO1. The maximum absolute atomic E-state index is 11.9. The lowest BCUT2D eigenvalue weighted by Gasteiger charge is -2.22. The highest BCUT2D eigenvalue weighted by molar-refractivity contribution is 5.70. The molecule has 1 aliphatic rings. The maximum atomic E-state index is 11.9. The van der Waals surface area contributed by atoms with Gasteiger partial charge in [0.2, 0.25) is 0 Å². The number of esters is 1. The van der Waals surface area contributed by atoms with E-state index in [4.69, 9.17) is 14.7 Å². The fourth-order valence-electron chi connectivity index (χ4n) is 2.84. The molecule has 2 rings (SSSR count). The van der Waals surface area contributed by atoms with E-state index < -0.39 is 0 Å². The number of aromatic nitrogens is 1. The third kappa shape index (κ3) is 4.42. The van der Waals surface area contributed by atoms with Crippen molar-refractivity contribution in [3.05, 3.63) is 32.7 Å². The Morgan fingerprint density at radius 1 is 1.43 bits per heavy atom. The molecule has 2 heterocycles. The summed E-state index contributed by atoms with van der Waals surface area (Å²) in [5, 5.41) is 9.04. The third-order valence-corrected chi connectivity index (χ3v) is 4.20. The largest absolute Gasteiger partial charge is 0.463 e. The van der Waals surface area contributed by atoms with Gasteiger partial charge in [0.15, 0.2) is 0 Å². The Hall–Kier alpha value is -2.13. The van der Waals surface area contributed by atoms with Crippen LogP contribution in [0.25, 0.3) is 0 Å². The number of carbonyl (C=O) groups excluding carboxylic acids is 1. The Balaban J connectivity index is 1.91. The number of hydrogen-bond acceptors (Lipinski definition) is 5. The molecule has 1 aromatic heterocycles. The van der Waals surface area contributed by atoms with Crippen molar-refractivity contribution in [2.45, 2.75) is 52.1 Å². The second-order valence-corrected chi connectivity index (χ2v) is 5.84. The van der Waals surface area contributed by atoms with Gasteiger partial charge in [0.05, 0.1) is 6.10 Å². The van der Waals surface area contributed by atoms with Crippen molar-refractivity contribution in [3.8, 4) is 6.07 Å². The molecule has 0 amide bonds. The number of pyridine rings is 1. The van der Waals surface area contributed by atoms with Crippen molar-refractivity contribution < 1.29 is 14.3 Å². The van der Waals surface area contributed by atoms with Crippen molar-refractivity contribution in [3.63, 3.8) is 0 Å². The molecular weight excluding hydrogens is 296 g/mol. The highest BCUT2D eigenvalue weighted by Gasteiger charge is 2.17. The minimum atomic E-state index is -0.386. The zero-order valence-corrected chi connectivity index (χ0v) is 13.6. The predicted octanol–water partition coefficient (Wildman–Crippen LogP) is 1.91. The summed E-state index contributed by atoms with van der Waals surface area (Å²) in [4.78, 5) is 26.2. The van der Waals surface area contributed by atoms with Crippen molar-refractivity contribution in [2.24, 2.45) is 0 Å². The van der Waals surface area contributed by atoms with Crippen LogP contribution in [0.2, 0.25) is 0 Å². The van der Waals surface area contributed by atoms with E-state index in [2.05, 4.69) is 4.98 Å². The quantitative estimate of drug-likeness (QED) is 0.837. The van der Waals surface area contributed by atoms with Crippen LogP contribution in [-0.4, -0.2) is 30.3 Å². The number of nitriles is 1. The number of nitrogens with one attached hydrogen (secondary N) is 1. The van der Waals surface area contributed by atoms with Crippen molar-refractivity contribution in [1.29, 1.82) is 5.26 Å². The molecule has 0 bridgehead atoms. The Morgan fingerprint density at radius 2 is 2.22 bits per heavy atom. The number of aryl methyl sites for hydroxylation is 1. The Bertz CT molecular complexity index is 666. The van der Waals surface area contributed by atoms with Crippen molar-refractivity contribution in [1.82, 2.24) is 4.98 Å². The summed E-state index contributed by atoms with van der Waals surface area (Å²) in [5.41, 5.74) is 1.87. The number of hydrogen-bond donors (Lipinski definition) is 1. The summed E-state index contributed by atoms with van der Waals surface area (Å²) < 4.78 is 10.8. The standard InChI is InChI=1S/C17H22N2O4/c1-11-14(12(2)19-17(21)15(11)9-18)6-7-16(20)23-10-13-5-3-4-8-22-13/h13H,3-8,10H2,1-2H3,(H,19,21). The minimum Gasteiger partial charge on any atom is -0.463 e. The molecule has 0 aliphatic carbocycles. The molecule has 1 aliphatic heterocycles. The number of H-pyrrole nitrogens is 1. The first-order chi connectivity index (χ1) is 11.0. The molecule has 0 saturated carbocycles. The molecule has 23 heavy (non-hydrogen) atoms. The molecule has 0 spiro atoms. The number of carbonyl (C=O) groups is 1. The van der Waals surface area contributed by atoms with Gasteiger partial charge in [-0.1, -0.05) is 0 Å². The fraction of sp³-hybridized carbons (Fsp3) is 0.588. The van der Waals surface area contributed by atoms with Gasteiger partial charge in [-0.2, -0.15) is 5.26 Å². The van der Waals surface area contributed by atoms with E-state index in [0.29, 0.717) is 24.3 Å². The van der Waals surface area contributed by atoms with Gasteiger partial charge in [0, 0.05) is 18.7 Å². The lowest BCUT2D eigenvalue weighted by molar-refractivity contribution is -0.149. The molecule has 0 aromatic carbocycles. The van der Waals surface area contributed by atoms with Gasteiger partial charge >= 0.3 is 5.97 Å².